The van der Waals surface area contributed by atoms with E-state index in [2.05, 4.69) is 48.8 Å². The molecule has 0 bridgehead atoms. The van der Waals surface area contributed by atoms with Crippen molar-refractivity contribution >= 4 is 50.0 Å². The van der Waals surface area contributed by atoms with Crippen molar-refractivity contribution in [3.05, 3.63) is 49.9 Å². The average molecular weight is 407 g/mol. The zero-order valence-corrected chi connectivity index (χ0v) is 12.7. The molecular weight excluding hydrogens is 398 g/mol. The fourth-order valence-electron chi connectivity index (χ4n) is 1.39. The molecule has 0 spiro atoms. The normalized spacial score (nSPS) is 10.4. The Morgan fingerprint density at radius 2 is 2.12 bits per heavy atom. The minimum Gasteiger partial charge on any atom is -0.339 e. The summed E-state index contributed by atoms with van der Waals surface area (Å²) < 4.78 is 14.7. The standard InChI is InChI=1S/C12H9BrFIN2/c1-7-4-8(13)6-16-12(7)17-11-3-2-9(14)5-10(11)15/h2-6H,1H3,(H,16,17). The maximum absolute atomic E-state index is 13.0. The molecule has 0 aliphatic rings. The summed E-state index contributed by atoms with van der Waals surface area (Å²) >= 11 is 5.46. The van der Waals surface area contributed by atoms with Crippen molar-refractivity contribution < 1.29 is 4.39 Å². The van der Waals surface area contributed by atoms with Crippen molar-refractivity contribution in [1.82, 2.24) is 4.98 Å². The quantitative estimate of drug-likeness (QED) is 0.735. The summed E-state index contributed by atoms with van der Waals surface area (Å²) in [6.07, 6.45) is 1.73. The van der Waals surface area contributed by atoms with Crippen LogP contribution in [0, 0.1) is 16.3 Å². The molecule has 0 saturated carbocycles. The van der Waals surface area contributed by atoms with Crippen molar-refractivity contribution in [2.45, 2.75) is 6.92 Å². The van der Waals surface area contributed by atoms with Crippen molar-refractivity contribution in [1.29, 1.82) is 0 Å². The van der Waals surface area contributed by atoms with Crippen LogP contribution in [0.3, 0.4) is 0 Å². The van der Waals surface area contributed by atoms with Crippen LogP contribution in [0.25, 0.3) is 0 Å². The SMILES string of the molecule is Cc1cc(Br)cnc1Nc1ccc(F)cc1I. The van der Waals surface area contributed by atoms with Gasteiger partial charge in [-0.05, 0) is 75.3 Å². The lowest BCUT2D eigenvalue weighted by Gasteiger charge is -2.10. The minimum absolute atomic E-state index is 0.236. The van der Waals surface area contributed by atoms with Gasteiger partial charge in [-0.25, -0.2) is 9.37 Å². The zero-order chi connectivity index (χ0) is 12.4. The third kappa shape index (κ3) is 3.16. The van der Waals surface area contributed by atoms with Crippen LogP contribution in [0.4, 0.5) is 15.9 Å². The third-order valence-corrected chi connectivity index (χ3v) is 3.56. The molecule has 1 aromatic heterocycles. The molecule has 1 aromatic carbocycles. The molecule has 0 atom stereocenters. The van der Waals surface area contributed by atoms with Crippen LogP contribution in [0.2, 0.25) is 0 Å². The molecule has 2 rings (SSSR count). The second kappa shape index (κ2) is 5.30. The molecule has 1 heterocycles. The van der Waals surface area contributed by atoms with Gasteiger partial charge in [-0.3, -0.25) is 0 Å². The largest absolute Gasteiger partial charge is 0.339 e. The summed E-state index contributed by atoms with van der Waals surface area (Å²) in [6.45, 7) is 1.97. The second-order valence-electron chi connectivity index (χ2n) is 3.57. The van der Waals surface area contributed by atoms with Gasteiger partial charge in [0.05, 0.1) is 5.69 Å². The van der Waals surface area contributed by atoms with Gasteiger partial charge in [-0.2, -0.15) is 0 Å². The number of anilines is 2. The van der Waals surface area contributed by atoms with Gasteiger partial charge >= 0.3 is 0 Å². The van der Waals surface area contributed by atoms with Crippen LogP contribution in [-0.4, -0.2) is 4.98 Å². The van der Waals surface area contributed by atoms with Crippen LogP contribution < -0.4 is 5.32 Å². The Balaban J connectivity index is 2.31. The summed E-state index contributed by atoms with van der Waals surface area (Å²) in [5.41, 5.74) is 1.88. The van der Waals surface area contributed by atoms with Gasteiger partial charge in [0, 0.05) is 14.2 Å². The zero-order valence-electron chi connectivity index (χ0n) is 8.97. The Labute approximate surface area is 121 Å². The predicted octanol–water partition coefficient (Wildman–Crippen LogP) is 4.64. The topological polar surface area (TPSA) is 24.9 Å². The number of pyridine rings is 1. The summed E-state index contributed by atoms with van der Waals surface area (Å²) in [4.78, 5) is 4.28. The van der Waals surface area contributed by atoms with Gasteiger partial charge in [-0.15, -0.1) is 0 Å². The van der Waals surface area contributed by atoms with Crippen LogP contribution in [0.1, 0.15) is 5.56 Å². The molecule has 2 aromatic rings. The maximum Gasteiger partial charge on any atom is 0.133 e. The lowest BCUT2D eigenvalue weighted by atomic mass is 10.2. The van der Waals surface area contributed by atoms with Crippen molar-refractivity contribution in [2.24, 2.45) is 0 Å². The summed E-state index contributed by atoms with van der Waals surface area (Å²) in [7, 11) is 0. The van der Waals surface area contributed by atoms with E-state index in [1.807, 2.05) is 13.0 Å². The van der Waals surface area contributed by atoms with E-state index in [1.165, 1.54) is 12.1 Å². The maximum atomic E-state index is 13.0. The van der Waals surface area contributed by atoms with E-state index in [1.54, 1.807) is 12.3 Å². The first-order valence-corrected chi connectivity index (χ1v) is 6.77. The van der Waals surface area contributed by atoms with E-state index < -0.39 is 0 Å². The lowest BCUT2D eigenvalue weighted by Crippen LogP contribution is -1.98. The molecule has 0 fully saturated rings. The molecule has 1 N–H and O–H groups in total. The Bertz CT molecular complexity index is 511. The third-order valence-electron chi connectivity index (χ3n) is 2.23. The number of nitrogens with one attached hydrogen (secondary N) is 1. The second-order valence-corrected chi connectivity index (χ2v) is 5.65. The Morgan fingerprint density at radius 3 is 2.76 bits per heavy atom. The molecule has 0 aliphatic carbocycles. The number of hydrogen-bond donors (Lipinski definition) is 1. The number of hydrogen-bond acceptors (Lipinski definition) is 2. The Kier molecular flexibility index (Phi) is 3.98. The van der Waals surface area contributed by atoms with E-state index in [4.69, 9.17) is 0 Å². The molecule has 0 unspecified atom stereocenters. The first-order valence-electron chi connectivity index (χ1n) is 4.90. The highest BCUT2D eigenvalue weighted by Gasteiger charge is 2.05. The molecule has 0 amide bonds. The summed E-state index contributed by atoms with van der Waals surface area (Å²) in [5, 5.41) is 3.19. The number of benzene rings is 1. The number of aryl methyl sites for hydroxylation is 1. The van der Waals surface area contributed by atoms with Gasteiger partial charge in [0.25, 0.3) is 0 Å². The molecule has 5 heteroatoms. The van der Waals surface area contributed by atoms with Gasteiger partial charge in [-0.1, -0.05) is 0 Å². The Morgan fingerprint density at radius 1 is 1.35 bits per heavy atom. The average Bonchev–Trinajstić information content (AvgIpc) is 2.25. The highest BCUT2D eigenvalue weighted by atomic mass is 127. The van der Waals surface area contributed by atoms with E-state index in [0.717, 1.165) is 25.1 Å². The number of rotatable bonds is 2. The van der Waals surface area contributed by atoms with Crippen LogP contribution in [0.5, 0.6) is 0 Å². The fraction of sp³-hybridized carbons (Fsp3) is 0.0833. The molecule has 88 valence electrons. The summed E-state index contributed by atoms with van der Waals surface area (Å²) in [5.74, 6) is 0.540. The van der Waals surface area contributed by atoms with Gasteiger partial charge in [0.1, 0.15) is 11.6 Å². The van der Waals surface area contributed by atoms with Gasteiger partial charge < -0.3 is 5.32 Å². The number of nitrogens with zero attached hydrogens (tertiary/aromatic N) is 1. The van der Waals surface area contributed by atoms with Crippen LogP contribution >= 0.6 is 38.5 Å². The summed E-state index contributed by atoms with van der Waals surface area (Å²) in [6, 6.07) is 6.60. The van der Waals surface area contributed by atoms with Gasteiger partial charge in [0.2, 0.25) is 0 Å². The van der Waals surface area contributed by atoms with Crippen molar-refractivity contribution in [3.63, 3.8) is 0 Å². The molecule has 0 radical (unpaired) electrons. The highest BCUT2D eigenvalue weighted by molar-refractivity contribution is 14.1. The number of halogens is 3. The molecule has 17 heavy (non-hydrogen) atoms. The van der Waals surface area contributed by atoms with E-state index >= 15 is 0 Å². The lowest BCUT2D eigenvalue weighted by molar-refractivity contribution is 0.627. The van der Waals surface area contributed by atoms with Crippen LogP contribution in [-0.2, 0) is 0 Å². The van der Waals surface area contributed by atoms with E-state index in [0.29, 0.717) is 0 Å². The molecule has 2 nitrogen and oxygen atoms in total. The van der Waals surface area contributed by atoms with Crippen LogP contribution in [0.15, 0.2) is 34.9 Å². The van der Waals surface area contributed by atoms with Crippen molar-refractivity contribution in [2.75, 3.05) is 5.32 Å². The molecule has 0 saturated heterocycles. The molecule has 0 aliphatic heterocycles. The smallest absolute Gasteiger partial charge is 0.133 e. The molecular formula is C12H9BrFIN2. The number of aromatic nitrogens is 1. The first-order chi connectivity index (χ1) is 8.06. The predicted molar refractivity (Wildman–Crippen MR) is 79.1 cm³/mol. The minimum atomic E-state index is -0.236. The fourth-order valence-corrected chi connectivity index (χ4v) is 2.45. The monoisotopic (exact) mass is 406 g/mol. The Hall–Kier alpha value is -0.690. The van der Waals surface area contributed by atoms with Crippen molar-refractivity contribution in [3.8, 4) is 0 Å². The van der Waals surface area contributed by atoms with E-state index in [9.17, 15) is 4.39 Å². The van der Waals surface area contributed by atoms with E-state index in [-0.39, 0.29) is 5.82 Å². The highest BCUT2D eigenvalue weighted by Crippen LogP contribution is 2.25. The van der Waals surface area contributed by atoms with Gasteiger partial charge in [0.15, 0.2) is 0 Å². The first kappa shape index (κ1) is 12.8.